The van der Waals surface area contributed by atoms with E-state index in [2.05, 4.69) is 5.32 Å². The molecule has 0 spiro atoms. The quantitative estimate of drug-likeness (QED) is 0.650. The van der Waals surface area contributed by atoms with Crippen LogP contribution < -0.4 is 24.4 Å². The van der Waals surface area contributed by atoms with Crippen molar-refractivity contribution in [3.8, 4) is 23.0 Å². The maximum atomic E-state index is 12.4. The molecule has 0 fully saturated rings. The summed E-state index contributed by atoms with van der Waals surface area (Å²) in [7, 11) is 1.99. The number of anilines is 1. The third-order valence-electron chi connectivity index (χ3n) is 4.52. The van der Waals surface area contributed by atoms with Gasteiger partial charge in [-0.3, -0.25) is 4.79 Å². The van der Waals surface area contributed by atoms with Gasteiger partial charge in [-0.1, -0.05) is 18.2 Å². The smallest absolute Gasteiger partial charge is 0.279 e. The lowest BCUT2D eigenvalue weighted by Crippen LogP contribution is -3.08. The molecule has 3 aromatic rings. The molecule has 4 rings (SSSR count). The van der Waals surface area contributed by atoms with E-state index in [4.69, 9.17) is 14.2 Å². The number of carbonyl (C=O) groups excluding carboxylic acids is 1. The lowest BCUT2D eigenvalue weighted by Gasteiger charge is -2.14. The van der Waals surface area contributed by atoms with Gasteiger partial charge in [0.2, 0.25) is 6.79 Å². The van der Waals surface area contributed by atoms with Crippen LogP contribution in [0.5, 0.6) is 23.0 Å². The molecule has 1 amide bonds. The molecule has 0 bridgehead atoms. The van der Waals surface area contributed by atoms with Gasteiger partial charge in [0.1, 0.15) is 18.0 Å². The molecule has 0 aromatic heterocycles. The van der Waals surface area contributed by atoms with Gasteiger partial charge in [-0.2, -0.15) is 0 Å². The molecule has 1 heterocycles. The maximum absolute atomic E-state index is 12.4. The van der Waals surface area contributed by atoms with Crippen LogP contribution in [0.4, 0.5) is 5.69 Å². The van der Waals surface area contributed by atoms with E-state index in [0.29, 0.717) is 13.1 Å². The van der Waals surface area contributed by atoms with Crippen LogP contribution >= 0.6 is 0 Å². The second-order valence-corrected chi connectivity index (χ2v) is 6.99. The number of benzene rings is 3. The van der Waals surface area contributed by atoms with Crippen LogP contribution in [0.1, 0.15) is 5.56 Å². The van der Waals surface area contributed by atoms with Gasteiger partial charge < -0.3 is 24.4 Å². The van der Waals surface area contributed by atoms with Crippen molar-refractivity contribution in [2.75, 3.05) is 25.7 Å². The van der Waals surface area contributed by atoms with Gasteiger partial charge in [-0.15, -0.1) is 0 Å². The van der Waals surface area contributed by atoms with E-state index in [0.717, 1.165) is 39.1 Å². The van der Waals surface area contributed by atoms with Crippen LogP contribution in [0.15, 0.2) is 72.8 Å². The van der Waals surface area contributed by atoms with E-state index in [9.17, 15) is 4.79 Å². The van der Waals surface area contributed by atoms with E-state index in [1.165, 1.54) is 0 Å². The molecule has 1 aliphatic rings. The SMILES string of the molecule is C[NH+](CC(=O)Nc1ccc(Oc2ccccc2)cc1)Cc1ccc2c(c1)OCO2. The minimum absolute atomic E-state index is 0.0417. The van der Waals surface area contributed by atoms with Gasteiger partial charge in [0, 0.05) is 11.3 Å². The summed E-state index contributed by atoms with van der Waals surface area (Å²) in [6.45, 7) is 1.34. The van der Waals surface area contributed by atoms with Crippen molar-refractivity contribution < 1.29 is 23.9 Å². The second kappa shape index (κ2) is 8.67. The number of hydrogen-bond acceptors (Lipinski definition) is 4. The zero-order chi connectivity index (χ0) is 20.1. The van der Waals surface area contributed by atoms with Crippen LogP contribution in [-0.2, 0) is 11.3 Å². The Kier molecular flexibility index (Phi) is 5.63. The molecule has 0 aliphatic carbocycles. The molecule has 0 radical (unpaired) electrons. The predicted molar refractivity (Wildman–Crippen MR) is 110 cm³/mol. The minimum atomic E-state index is -0.0417. The summed E-state index contributed by atoms with van der Waals surface area (Å²) in [6.07, 6.45) is 0. The molecule has 1 atom stereocenters. The largest absolute Gasteiger partial charge is 0.457 e. The van der Waals surface area contributed by atoms with Crippen molar-refractivity contribution in [3.05, 3.63) is 78.4 Å². The summed E-state index contributed by atoms with van der Waals surface area (Å²) < 4.78 is 16.5. The summed E-state index contributed by atoms with van der Waals surface area (Å²) >= 11 is 0. The molecule has 0 saturated heterocycles. The Labute approximate surface area is 169 Å². The lowest BCUT2D eigenvalue weighted by atomic mass is 10.2. The standard InChI is InChI=1S/C23H22N2O4/c1-25(14-17-7-12-21-22(13-17)28-16-27-21)15-23(26)24-18-8-10-20(11-9-18)29-19-5-3-2-4-6-19/h2-13H,14-16H2,1H3,(H,24,26)/p+1. The number of nitrogens with one attached hydrogen (secondary N) is 2. The Morgan fingerprint density at radius 2 is 1.69 bits per heavy atom. The molecular formula is C23H23N2O4+. The van der Waals surface area contributed by atoms with Crippen molar-refractivity contribution in [1.29, 1.82) is 0 Å². The van der Waals surface area contributed by atoms with Crippen molar-refractivity contribution in [1.82, 2.24) is 0 Å². The Morgan fingerprint density at radius 3 is 2.48 bits per heavy atom. The predicted octanol–water partition coefficient (Wildman–Crippen LogP) is 2.86. The Hall–Kier alpha value is -3.51. The van der Waals surface area contributed by atoms with Gasteiger partial charge >= 0.3 is 0 Å². The molecule has 3 aromatic carbocycles. The minimum Gasteiger partial charge on any atom is -0.457 e. The molecule has 1 aliphatic heterocycles. The number of fused-ring (bicyclic) bond motifs is 1. The molecule has 6 nitrogen and oxygen atoms in total. The summed E-state index contributed by atoms with van der Waals surface area (Å²) in [5.74, 6) is 2.99. The van der Waals surface area contributed by atoms with E-state index in [1.807, 2.05) is 79.8 Å². The summed E-state index contributed by atoms with van der Waals surface area (Å²) in [5, 5.41) is 2.93. The Balaban J connectivity index is 1.27. The van der Waals surface area contributed by atoms with E-state index in [1.54, 1.807) is 0 Å². The fourth-order valence-electron chi connectivity index (χ4n) is 3.17. The van der Waals surface area contributed by atoms with Crippen molar-refractivity contribution in [3.63, 3.8) is 0 Å². The van der Waals surface area contributed by atoms with Gasteiger partial charge in [0.25, 0.3) is 5.91 Å². The molecule has 0 saturated carbocycles. The highest BCUT2D eigenvalue weighted by atomic mass is 16.7. The third kappa shape index (κ3) is 5.06. The fraction of sp³-hybridized carbons (Fsp3) is 0.174. The lowest BCUT2D eigenvalue weighted by molar-refractivity contribution is -0.885. The number of likely N-dealkylation sites (N-methyl/N-ethyl adjacent to an activating group) is 1. The Morgan fingerprint density at radius 1 is 0.966 bits per heavy atom. The average molecular weight is 391 g/mol. The number of carbonyl (C=O) groups is 1. The second-order valence-electron chi connectivity index (χ2n) is 6.99. The van der Waals surface area contributed by atoms with Gasteiger partial charge in [-0.05, 0) is 54.6 Å². The number of para-hydroxylation sites is 1. The number of rotatable bonds is 7. The molecule has 1 unspecified atom stereocenters. The van der Waals surface area contributed by atoms with Gasteiger partial charge in [0.05, 0.1) is 7.05 Å². The van der Waals surface area contributed by atoms with Crippen LogP contribution in [0.3, 0.4) is 0 Å². The summed E-state index contributed by atoms with van der Waals surface area (Å²) in [4.78, 5) is 13.4. The molecular weight excluding hydrogens is 368 g/mol. The Bertz CT molecular complexity index is 974. The highest BCUT2D eigenvalue weighted by Crippen LogP contribution is 2.32. The van der Waals surface area contributed by atoms with Crippen molar-refractivity contribution in [2.24, 2.45) is 0 Å². The van der Waals surface area contributed by atoms with Crippen LogP contribution in [-0.4, -0.2) is 26.3 Å². The van der Waals surface area contributed by atoms with E-state index >= 15 is 0 Å². The summed E-state index contributed by atoms with van der Waals surface area (Å²) in [6, 6.07) is 22.8. The van der Waals surface area contributed by atoms with E-state index in [-0.39, 0.29) is 12.7 Å². The normalized spacial score (nSPS) is 13.0. The maximum Gasteiger partial charge on any atom is 0.279 e. The number of quaternary nitrogens is 1. The topological polar surface area (TPSA) is 61.2 Å². The first-order chi connectivity index (χ1) is 14.2. The molecule has 2 N–H and O–H groups in total. The average Bonchev–Trinajstić information content (AvgIpc) is 3.18. The van der Waals surface area contributed by atoms with Crippen molar-refractivity contribution in [2.45, 2.75) is 6.54 Å². The monoisotopic (exact) mass is 391 g/mol. The molecule has 29 heavy (non-hydrogen) atoms. The van der Waals surface area contributed by atoms with Crippen molar-refractivity contribution >= 4 is 11.6 Å². The van der Waals surface area contributed by atoms with E-state index < -0.39 is 0 Å². The highest BCUT2D eigenvalue weighted by Gasteiger charge is 2.16. The first-order valence-electron chi connectivity index (χ1n) is 9.48. The van der Waals surface area contributed by atoms with Crippen LogP contribution in [0, 0.1) is 0 Å². The third-order valence-corrected chi connectivity index (χ3v) is 4.52. The first kappa shape index (κ1) is 18.8. The zero-order valence-electron chi connectivity index (χ0n) is 16.2. The fourth-order valence-corrected chi connectivity index (χ4v) is 3.17. The zero-order valence-corrected chi connectivity index (χ0v) is 16.2. The number of ether oxygens (including phenoxy) is 3. The molecule has 6 heteroatoms. The highest BCUT2D eigenvalue weighted by molar-refractivity contribution is 5.91. The van der Waals surface area contributed by atoms with Crippen LogP contribution in [0.2, 0.25) is 0 Å². The summed E-state index contributed by atoms with van der Waals surface area (Å²) in [5.41, 5.74) is 1.84. The van der Waals surface area contributed by atoms with Gasteiger partial charge in [-0.25, -0.2) is 0 Å². The van der Waals surface area contributed by atoms with Crippen LogP contribution in [0.25, 0.3) is 0 Å². The van der Waals surface area contributed by atoms with Gasteiger partial charge in [0.15, 0.2) is 18.0 Å². The first-order valence-corrected chi connectivity index (χ1v) is 9.48. The number of hydrogen-bond donors (Lipinski definition) is 2. The molecule has 148 valence electrons. The number of amides is 1.